The zero-order valence-corrected chi connectivity index (χ0v) is 9.33. The highest BCUT2D eigenvalue weighted by molar-refractivity contribution is 5.24. The molecular formula is C13H18FN. The van der Waals surface area contributed by atoms with Crippen LogP contribution < -0.4 is 5.32 Å². The van der Waals surface area contributed by atoms with E-state index in [2.05, 4.69) is 12.2 Å². The third kappa shape index (κ3) is 1.91. The van der Waals surface area contributed by atoms with Gasteiger partial charge in [0.05, 0.1) is 0 Å². The van der Waals surface area contributed by atoms with Crippen molar-refractivity contribution in [1.29, 1.82) is 0 Å². The summed E-state index contributed by atoms with van der Waals surface area (Å²) in [4.78, 5) is 0. The van der Waals surface area contributed by atoms with Crippen LogP contribution in [0.25, 0.3) is 0 Å². The maximum atomic E-state index is 13.6. The molecule has 1 aliphatic carbocycles. The number of nitrogens with one attached hydrogen (secondary N) is 1. The lowest BCUT2D eigenvalue weighted by molar-refractivity contribution is 0.420. The fourth-order valence-electron chi connectivity index (χ4n) is 2.79. The van der Waals surface area contributed by atoms with Gasteiger partial charge >= 0.3 is 0 Å². The number of rotatable bonds is 2. The molecule has 0 saturated heterocycles. The Labute approximate surface area is 90.7 Å². The van der Waals surface area contributed by atoms with E-state index in [0.29, 0.717) is 17.9 Å². The van der Waals surface area contributed by atoms with Gasteiger partial charge in [-0.15, -0.1) is 0 Å². The first-order valence-electron chi connectivity index (χ1n) is 5.65. The van der Waals surface area contributed by atoms with Gasteiger partial charge in [-0.25, -0.2) is 4.39 Å². The molecule has 1 saturated carbocycles. The molecule has 0 radical (unpaired) electrons. The Morgan fingerprint density at radius 2 is 2.00 bits per heavy atom. The fourth-order valence-corrected chi connectivity index (χ4v) is 2.79. The van der Waals surface area contributed by atoms with Crippen molar-refractivity contribution in [2.24, 2.45) is 5.92 Å². The molecule has 0 aromatic heterocycles. The van der Waals surface area contributed by atoms with E-state index in [1.807, 2.05) is 19.2 Å². The maximum absolute atomic E-state index is 13.6. The smallest absolute Gasteiger partial charge is 0.126 e. The molecule has 2 heteroatoms. The van der Waals surface area contributed by atoms with E-state index in [1.54, 1.807) is 12.1 Å². The second kappa shape index (κ2) is 4.31. The van der Waals surface area contributed by atoms with E-state index in [9.17, 15) is 4.39 Å². The molecule has 1 nitrogen and oxygen atoms in total. The molecule has 1 N–H and O–H groups in total. The minimum absolute atomic E-state index is 0.0499. The molecule has 1 aromatic carbocycles. The van der Waals surface area contributed by atoms with Crippen molar-refractivity contribution in [1.82, 2.24) is 5.32 Å². The monoisotopic (exact) mass is 207 g/mol. The van der Waals surface area contributed by atoms with Crippen LogP contribution in [-0.2, 0) is 0 Å². The molecule has 0 aliphatic heterocycles. The highest BCUT2D eigenvalue weighted by Crippen LogP contribution is 2.40. The Kier molecular flexibility index (Phi) is 3.06. The average Bonchev–Trinajstić information content (AvgIpc) is 2.60. The van der Waals surface area contributed by atoms with Crippen molar-refractivity contribution in [3.63, 3.8) is 0 Å². The topological polar surface area (TPSA) is 12.0 Å². The van der Waals surface area contributed by atoms with Gasteiger partial charge in [0.25, 0.3) is 0 Å². The van der Waals surface area contributed by atoms with Crippen LogP contribution in [0.5, 0.6) is 0 Å². The van der Waals surface area contributed by atoms with Crippen molar-refractivity contribution >= 4 is 0 Å². The van der Waals surface area contributed by atoms with E-state index in [0.717, 1.165) is 18.4 Å². The van der Waals surface area contributed by atoms with Gasteiger partial charge in [-0.2, -0.15) is 0 Å². The number of hydrogen-bond donors (Lipinski definition) is 1. The number of hydrogen-bond acceptors (Lipinski definition) is 1. The molecule has 3 atom stereocenters. The summed E-state index contributed by atoms with van der Waals surface area (Å²) in [6.45, 7) is 2.21. The van der Waals surface area contributed by atoms with E-state index < -0.39 is 0 Å². The second-order valence-electron chi connectivity index (χ2n) is 4.46. The van der Waals surface area contributed by atoms with E-state index >= 15 is 0 Å². The lowest BCUT2D eigenvalue weighted by atomic mass is 9.88. The van der Waals surface area contributed by atoms with Crippen molar-refractivity contribution in [2.75, 3.05) is 7.05 Å². The van der Waals surface area contributed by atoms with E-state index in [-0.39, 0.29) is 5.82 Å². The Morgan fingerprint density at radius 1 is 1.27 bits per heavy atom. The fraction of sp³-hybridized carbons (Fsp3) is 0.538. The van der Waals surface area contributed by atoms with Crippen LogP contribution in [0.15, 0.2) is 24.3 Å². The van der Waals surface area contributed by atoms with E-state index in [1.165, 1.54) is 0 Å². The van der Waals surface area contributed by atoms with Crippen molar-refractivity contribution in [3.8, 4) is 0 Å². The largest absolute Gasteiger partial charge is 0.317 e. The number of halogens is 1. The van der Waals surface area contributed by atoms with Crippen LogP contribution in [0.4, 0.5) is 4.39 Å². The van der Waals surface area contributed by atoms with Gasteiger partial charge in [-0.05, 0) is 43.4 Å². The van der Waals surface area contributed by atoms with Crippen molar-refractivity contribution in [3.05, 3.63) is 35.6 Å². The van der Waals surface area contributed by atoms with Gasteiger partial charge in [-0.1, -0.05) is 25.1 Å². The summed E-state index contributed by atoms with van der Waals surface area (Å²) < 4.78 is 13.6. The minimum Gasteiger partial charge on any atom is -0.317 e. The summed E-state index contributed by atoms with van der Waals surface area (Å²) in [5.41, 5.74) is 0.891. The molecular weight excluding hydrogens is 189 g/mol. The van der Waals surface area contributed by atoms with Gasteiger partial charge in [0, 0.05) is 6.04 Å². The normalized spacial score (nSPS) is 30.7. The van der Waals surface area contributed by atoms with Crippen LogP contribution in [0.2, 0.25) is 0 Å². The van der Waals surface area contributed by atoms with Crippen molar-refractivity contribution in [2.45, 2.75) is 31.7 Å². The summed E-state index contributed by atoms with van der Waals surface area (Å²) in [6.07, 6.45) is 2.24. The Hall–Kier alpha value is -0.890. The predicted molar refractivity (Wildman–Crippen MR) is 60.4 cm³/mol. The zero-order valence-electron chi connectivity index (χ0n) is 9.33. The molecule has 2 rings (SSSR count). The van der Waals surface area contributed by atoms with Crippen LogP contribution in [0, 0.1) is 11.7 Å². The average molecular weight is 207 g/mol. The molecule has 15 heavy (non-hydrogen) atoms. The summed E-state index contributed by atoms with van der Waals surface area (Å²) in [7, 11) is 1.99. The van der Waals surface area contributed by atoms with Gasteiger partial charge < -0.3 is 5.32 Å². The number of benzene rings is 1. The molecule has 1 fully saturated rings. The van der Waals surface area contributed by atoms with E-state index in [4.69, 9.17) is 0 Å². The maximum Gasteiger partial charge on any atom is 0.126 e. The molecule has 0 amide bonds. The first kappa shape index (κ1) is 10.6. The molecule has 0 heterocycles. The lowest BCUT2D eigenvalue weighted by Gasteiger charge is -2.20. The van der Waals surface area contributed by atoms with Gasteiger partial charge in [0.2, 0.25) is 0 Å². The third-order valence-electron chi connectivity index (χ3n) is 3.73. The van der Waals surface area contributed by atoms with Crippen molar-refractivity contribution < 1.29 is 4.39 Å². The molecule has 82 valence electrons. The summed E-state index contributed by atoms with van der Waals surface area (Å²) >= 11 is 0. The summed E-state index contributed by atoms with van der Waals surface area (Å²) in [5.74, 6) is 0.849. The SMILES string of the molecule is CNC1CCC(c2ccccc2F)C1C. The van der Waals surface area contributed by atoms with Gasteiger partial charge in [0.1, 0.15) is 5.82 Å². The first-order valence-corrected chi connectivity index (χ1v) is 5.65. The molecule has 0 bridgehead atoms. The molecule has 0 spiro atoms. The first-order chi connectivity index (χ1) is 7.24. The van der Waals surface area contributed by atoms with Crippen LogP contribution in [0.3, 0.4) is 0 Å². The minimum atomic E-state index is -0.0499. The van der Waals surface area contributed by atoms with Crippen LogP contribution in [-0.4, -0.2) is 13.1 Å². The predicted octanol–water partition coefficient (Wildman–Crippen LogP) is 2.93. The summed E-state index contributed by atoms with van der Waals surface area (Å²) in [6, 6.07) is 7.71. The Balaban J connectivity index is 2.22. The summed E-state index contributed by atoms with van der Waals surface area (Å²) in [5, 5.41) is 3.31. The van der Waals surface area contributed by atoms with Gasteiger partial charge in [-0.3, -0.25) is 0 Å². The molecule has 1 aliphatic rings. The molecule has 1 aromatic rings. The zero-order chi connectivity index (χ0) is 10.8. The molecule has 3 unspecified atom stereocenters. The second-order valence-corrected chi connectivity index (χ2v) is 4.46. The highest BCUT2D eigenvalue weighted by Gasteiger charge is 2.33. The third-order valence-corrected chi connectivity index (χ3v) is 3.73. The van der Waals surface area contributed by atoms with Crippen LogP contribution >= 0.6 is 0 Å². The van der Waals surface area contributed by atoms with Crippen LogP contribution in [0.1, 0.15) is 31.2 Å². The lowest BCUT2D eigenvalue weighted by Crippen LogP contribution is -2.28. The Bertz CT molecular complexity index is 337. The Morgan fingerprint density at radius 3 is 2.60 bits per heavy atom. The van der Waals surface area contributed by atoms with Gasteiger partial charge in [0.15, 0.2) is 0 Å². The standard InChI is InChI=1S/C13H18FN/c1-9-10(7-8-13(9)15-2)11-5-3-4-6-12(11)14/h3-6,9-10,13,15H,7-8H2,1-2H3. The highest BCUT2D eigenvalue weighted by atomic mass is 19.1. The quantitative estimate of drug-likeness (QED) is 0.786.